The van der Waals surface area contributed by atoms with Crippen molar-refractivity contribution in [3.05, 3.63) is 52.1 Å². The van der Waals surface area contributed by atoms with E-state index in [0.29, 0.717) is 62.3 Å². The van der Waals surface area contributed by atoms with Crippen LogP contribution in [-0.4, -0.2) is 191 Å². The molecule has 1 spiro atoms. The number of nitrogens with zero attached hydrogens (tertiary/aromatic N) is 9. The van der Waals surface area contributed by atoms with Crippen LogP contribution in [0.2, 0.25) is 0 Å². The number of hydrazine groups is 1. The molecule has 2 aliphatic carbocycles. The highest BCUT2D eigenvalue weighted by molar-refractivity contribution is 7.10. The summed E-state index contributed by atoms with van der Waals surface area (Å²) in [4.78, 5) is 80.9. The maximum absolute atomic E-state index is 15.0. The summed E-state index contributed by atoms with van der Waals surface area (Å²) in [6.07, 6.45) is 10.4. The normalized spacial score (nSPS) is 30.0. The lowest BCUT2D eigenvalue weighted by atomic mass is 9.84. The lowest BCUT2D eigenvalue weighted by molar-refractivity contribution is -0.155. The van der Waals surface area contributed by atoms with E-state index < -0.39 is 29.5 Å². The van der Waals surface area contributed by atoms with E-state index in [2.05, 4.69) is 111 Å². The van der Waals surface area contributed by atoms with Gasteiger partial charge in [-0.15, -0.1) is 11.3 Å². The van der Waals surface area contributed by atoms with E-state index >= 15 is 4.79 Å². The first-order valence-corrected chi connectivity index (χ1v) is 31.5. The molecular formula is C62H85N11O7S. The van der Waals surface area contributed by atoms with Crippen LogP contribution < -0.4 is 15.6 Å². The first-order chi connectivity index (χ1) is 39.1. The van der Waals surface area contributed by atoms with Crippen molar-refractivity contribution in [2.24, 2.45) is 22.7 Å². The number of anilines is 1. The topological polar surface area (TPSA) is 170 Å². The Balaban J connectivity index is 0.804. The van der Waals surface area contributed by atoms with Crippen LogP contribution >= 0.6 is 11.3 Å². The molecule has 6 saturated heterocycles. The maximum atomic E-state index is 15.0. The molecule has 10 heterocycles. The minimum Gasteiger partial charge on any atom is -0.464 e. The summed E-state index contributed by atoms with van der Waals surface area (Å²) in [7, 11) is 1.74. The third kappa shape index (κ3) is 10.7. The van der Waals surface area contributed by atoms with Gasteiger partial charge < -0.3 is 33.9 Å². The van der Waals surface area contributed by atoms with Gasteiger partial charge in [0.25, 0.3) is 5.91 Å². The van der Waals surface area contributed by atoms with Crippen LogP contribution in [0.5, 0.6) is 0 Å². The van der Waals surface area contributed by atoms with Crippen LogP contribution in [0.3, 0.4) is 0 Å². The van der Waals surface area contributed by atoms with Crippen molar-refractivity contribution < 1.29 is 33.4 Å². The number of hydrogen-bond donors (Lipinski definition) is 2. The molecule has 1 aromatic carbocycles. The molecule has 9 atom stereocenters. The molecule has 18 nitrogen and oxygen atoms in total. The number of nitrogens with one attached hydrogen (secondary N) is 2. The Morgan fingerprint density at radius 3 is 2.58 bits per heavy atom. The van der Waals surface area contributed by atoms with Gasteiger partial charge in [-0.1, -0.05) is 33.8 Å². The molecule has 6 bridgehead atoms. The number of amides is 3. The number of carbonyl (C=O) groups excluding carboxylic acids is 4. The molecule has 81 heavy (non-hydrogen) atoms. The molecular weight excluding hydrogens is 1040 g/mol. The second-order valence-corrected chi connectivity index (χ2v) is 27.5. The van der Waals surface area contributed by atoms with Gasteiger partial charge in [-0.25, -0.2) is 10.4 Å². The Morgan fingerprint density at radius 2 is 1.80 bits per heavy atom. The molecule has 1 unspecified atom stereocenters. The van der Waals surface area contributed by atoms with Gasteiger partial charge in [0.05, 0.1) is 72.0 Å². The number of pyridine rings is 1. The van der Waals surface area contributed by atoms with Crippen LogP contribution in [-0.2, 0) is 52.8 Å². The largest absolute Gasteiger partial charge is 0.464 e. The smallest absolute Gasteiger partial charge is 0.324 e. The van der Waals surface area contributed by atoms with Gasteiger partial charge in [-0.05, 0) is 114 Å². The Bertz CT molecular complexity index is 3040. The van der Waals surface area contributed by atoms with Crippen molar-refractivity contribution in [1.82, 2.24) is 49.9 Å². The molecule has 3 amide bonds. The number of aromatic nitrogens is 3. The summed E-state index contributed by atoms with van der Waals surface area (Å²) in [5, 5.41) is 8.70. The molecule has 436 valence electrons. The van der Waals surface area contributed by atoms with Gasteiger partial charge in [0.2, 0.25) is 11.8 Å². The Labute approximate surface area is 481 Å². The van der Waals surface area contributed by atoms with Crippen molar-refractivity contribution in [3.8, 4) is 22.5 Å². The number of morpholine rings is 1. The van der Waals surface area contributed by atoms with Crippen LogP contribution in [0.25, 0.3) is 33.4 Å². The lowest BCUT2D eigenvalue weighted by Crippen LogP contribution is -2.62. The number of carbonyl (C=O) groups is 4. The van der Waals surface area contributed by atoms with Crippen LogP contribution in [0.4, 0.5) is 5.69 Å². The number of hydrogen-bond acceptors (Lipinski definition) is 15. The van der Waals surface area contributed by atoms with E-state index in [0.717, 1.165) is 134 Å². The molecule has 13 rings (SSSR count). The second-order valence-electron chi connectivity index (χ2n) is 26.5. The molecule has 19 heteroatoms. The van der Waals surface area contributed by atoms with Crippen molar-refractivity contribution >= 4 is 51.6 Å². The average Bonchev–Trinajstić information content (AvgIpc) is 3.39. The summed E-state index contributed by atoms with van der Waals surface area (Å²) in [5.74, 6) is 0.0778. The van der Waals surface area contributed by atoms with Crippen LogP contribution in [0.1, 0.15) is 115 Å². The number of aryl methyl sites for hydroxylation is 1. The maximum Gasteiger partial charge on any atom is 0.324 e. The number of methoxy groups -OCH3 is 1. The summed E-state index contributed by atoms with van der Waals surface area (Å²) >= 11 is 1.49. The van der Waals surface area contributed by atoms with Crippen molar-refractivity contribution in [3.63, 3.8) is 0 Å². The number of cyclic esters (lactones) is 1. The number of esters is 1. The predicted molar refractivity (Wildman–Crippen MR) is 311 cm³/mol. The average molecular weight is 1130 g/mol. The monoisotopic (exact) mass is 1130 g/mol. The summed E-state index contributed by atoms with van der Waals surface area (Å²) in [6, 6.07) is 8.18. The van der Waals surface area contributed by atoms with Crippen molar-refractivity contribution in [1.29, 1.82) is 0 Å². The van der Waals surface area contributed by atoms with Crippen molar-refractivity contribution in [2.45, 2.75) is 161 Å². The minimum atomic E-state index is -0.954. The molecule has 9 aliphatic rings. The van der Waals surface area contributed by atoms with Crippen LogP contribution in [0, 0.1) is 22.7 Å². The molecule has 3 aromatic heterocycles. The molecule has 2 N–H and O–H groups in total. The Hall–Kier alpha value is -5.02. The molecule has 8 fully saturated rings. The summed E-state index contributed by atoms with van der Waals surface area (Å²) in [6.45, 7) is 22.1. The van der Waals surface area contributed by atoms with Gasteiger partial charge >= 0.3 is 5.97 Å². The lowest BCUT2D eigenvalue weighted by Gasteiger charge is -2.44. The zero-order valence-electron chi connectivity index (χ0n) is 48.8. The van der Waals surface area contributed by atoms with Crippen molar-refractivity contribution in [2.75, 3.05) is 90.7 Å². The predicted octanol–water partition coefficient (Wildman–Crippen LogP) is 6.30. The Morgan fingerprint density at radius 1 is 0.975 bits per heavy atom. The number of rotatable bonds is 12. The number of likely N-dealkylation sites (tertiary alicyclic amines) is 2. The van der Waals surface area contributed by atoms with E-state index in [-0.39, 0.29) is 48.3 Å². The first kappa shape index (κ1) is 55.2. The third-order valence-corrected chi connectivity index (χ3v) is 20.6. The zero-order chi connectivity index (χ0) is 56.1. The molecule has 4 aromatic rings. The summed E-state index contributed by atoms with van der Waals surface area (Å²) < 4.78 is 20.7. The fraction of sp³-hybridized carbons (Fsp3) is 0.677. The van der Waals surface area contributed by atoms with Gasteiger partial charge in [-0.3, -0.25) is 43.9 Å². The van der Waals surface area contributed by atoms with Crippen LogP contribution in [0.15, 0.2) is 35.8 Å². The van der Waals surface area contributed by atoms with Gasteiger partial charge in [0.1, 0.15) is 18.1 Å². The summed E-state index contributed by atoms with van der Waals surface area (Å²) in [5.41, 5.74) is 10.7. The van der Waals surface area contributed by atoms with Gasteiger partial charge in [0, 0.05) is 123 Å². The number of thiazole rings is 1. The zero-order valence-corrected chi connectivity index (χ0v) is 49.6. The minimum absolute atomic E-state index is 0.0412. The highest BCUT2D eigenvalue weighted by atomic mass is 32.1. The number of ether oxygens (including phenoxy) is 3. The number of benzene rings is 1. The van der Waals surface area contributed by atoms with E-state index in [1.54, 1.807) is 7.11 Å². The first-order valence-electron chi connectivity index (χ1n) is 30.6. The second kappa shape index (κ2) is 21.9. The van der Waals surface area contributed by atoms with Gasteiger partial charge in [0.15, 0.2) is 0 Å². The number of fused-ring (bicyclic) bond motifs is 7. The fourth-order valence-corrected chi connectivity index (χ4v) is 15.9. The standard InChI is InChI=1S/C62H85N11O7S/c1-8-71-50-16-13-40-26-44(50)46(55(71)45-27-42(30-63-52(45)38(4)78-7)68-23-22-67-24-25-79-32-43(67)31-68)29-61(5,6)36-80-60(77)47-10-9-19-72(66-47)58(75)48(28-51-64-49(40)33-81-51)65-57(74)53(37(2)3)69-20-17-62(34-69)18-21-70(35-62)59(76)56-54(39-11-12-39)73(56)41-14-15-41/h13,16,26-27,30,33,37-39,41,43,47-48,53-54,56,66H,8-12,14-15,17-25,28-29,31-32,34-36H2,1-7H3,(H,65,74)/t38-,43-,47-,48-,53-,54+,56+,62-,73?/m0/s1. The van der Waals surface area contributed by atoms with E-state index in [1.165, 1.54) is 42.0 Å². The third-order valence-electron chi connectivity index (χ3n) is 19.8. The van der Waals surface area contributed by atoms with E-state index in [4.69, 9.17) is 24.2 Å². The highest BCUT2D eigenvalue weighted by Gasteiger charge is 2.64. The fourth-order valence-electron chi connectivity index (χ4n) is 15.1. The molecule has 0 radical (unpaired) electrons. The highest BCUT2D eigenvalue weighted by Crippen LogP contribution is 2.53. The molecule has 2 saturated carbocycles. The van der Waals surface area contributed by atoms with E-state index in [1.807, 2.05) is 6.20 Å². The van der Waals surface area contributed by atoms with E-state index in [9.17, 15) is 14.4 Å². The molecule has 7 aliphatic heterocycles. The van der Waals surface area contributed by atoms with Gasteiger partial charge in [-0.2, -0.15) is 0 Å². The quantitative estimate of drug-likeness (QED) is 0.120. The SMILES string of the molecule is CCn1c(-c2cc(N3CCN4CCOC[C@@H]4C3)cnc2[C@H](C)OC)c2c3cc(ccc31)-c1csc(n1)C[C@H](NC(=O)[C@H](C(C)C)N1CC[C@]3(CCN(C(=O)[C@H]4[C@@H](C5CC5)N4C4CC4)C3)C1)C(=O)N1CCC[C@H](N1)C(=O)OCC(C)(C)C2. The Kier molecular flexibility index (Phi) is 14.9. The number of piperazine rings is 1.